The quantitative estimate of drug-likeness (QED) is 0.563. The second-order valence-corrected chi connectivity index (χ2v) is 5.57. The van der Waals surface area contributed by atoms with Crippen molar-refractivity contribution in [1.82, 2.24) is 4.98 Å². The minimum atomic E-state index is 0.228. The first kappa shape index (κ1) is 13.4. The highest BCUT2D eigenvalue weighted by molar-refractivity contribution is 5.88. The highest BCUT2D eigenvalue weighted by Gasteiger charge is 2.27. The second kappa shape index (κ2) is 4.85. The predicted octanol–water partition coefficient (Wildman–Crippen LogP) is 3.48. The van der Waals surface area contributed by atoms with Gasteiger partial charge in [-0.1, -0.05) is 30.3 Å². The summed E-state index contributed by atoms with van der Waals surface area (Å²) < 4.78 is 0. The molecule has 0 aliphatic heterocycles. The van der Waals surface area contributed by atoms with E-state index in [1.807, 2.05) is 36.4 Å². The average molecular weight is 299 g/mol. The number of rotatable bonds is 1. The zero-order chi connectivity index (χ0) is 16.0. The Kier molecular flexibility index (Phi) is 2.82. The number of benzene rings is 2. The molecule has 4 heteroatoms. The van der Waals surface area contributed by atoms with Crippen LogP contribution in [0.25, 0.3) is 22.4 Å². The van der Waals surface area contributed by atoms with Gasteiger partial charge in [-0.3, -0.25) is 0 Å². The number of aromatic hydroxyl groups is 1. The molecule has 0 spiro atoms. The van der Waals surface area contributed by atoms with Gasteiger partial charge in [-0.15, -0.1) is 0 Å². The molecule has 2 aromatic carbocycles. The van der Waals surface area contributed by atoms with E-state index in [-0.39, 0.29) is 11.6 Å². The van der Waals surface area contributed by atoms with Gasteiger partial charge in [0.25, 0.3) is 0 Å². The molecule has 0 atom stereocenters. The molecular formula is C19H13N3O. The summed E-state index contributed by atoms with van der Waals surface area (Å²) in [5.41, 5.74) is 12.0. The minimum absolute atomic E-state index is 0.228. The Hall–Kier alpha value is -3.32. The van der Waals surface area contributed by atoms with Crippen molar-refractivity contribution in [3.63, 3.8) is 0 Å². The number of phenolic OH excluding ortho intramolecular Hbond substituents is 1. The van der Waals surface area contributed by atoms with Crippen LogP contribution < -0.4 is 5.73 Å². The first-order valence-electron chi connectivity index (χ1n) is 7.29. The van der Waals surface area contributed by atoms with Crippen molar-refractivity contribution in [3.8, 4) is 34.2 Å². The molecule has 1 aliphatic rings. The van der Waals surface area contributed by atoms with Crippen LogP contribution in [-0.4, -0.2) is 10.1 Å². The number of pyridine rings is 1. The van der Waals surface area contributed by atoms with Gasteiger partial charge in [0.05, 0.1) is 5.69 Å². The molecule has 1 aromatic heterocycles. The Bertz CT molecular complexity index is 972. The average Bonchev–Trinajstić information content (AvgIpc) is 2.91. The number of hydrogen-bond acceptors (Lipinski definition) is 4. The molecule has 23 heavy (non-hydrogen) atoms. The molecule has 1 aliphatic carbocycles. The van der Waals surface area contributed by atoms with Crippen LogP contribution in [0.15, 0.2) is 48.5 Å². The van der Waals surface area contributed by atoms with Crippen LogP contribution >= 0.6 is 0 Å². The first-order chi connectivity index (χ1) is 11.2. The number of phenols is 1. The molecule has 0 amide bonds. The number of aromatic nitrogens is 1. The van der Waals surface area contributed by atoms with Gasteiger partial charge in [-0.25, -0.2) is 4.98 Å². The van der Waals surface area contributed by atoms with Crippen molar-refractivity contribution < 1.29 is 5.11 Å². The van der Waals surface area contributed by atoms with Crippen LogP contribution in [0.1, 0.15) is 16.7 Å². The van der Waals surface area contributed by atoms with E-state index in [1.165, 1.54) is 0 Å². The molecule has 4 rings (SSSR count). The fraction of sp³-hybridized carbons (Fsp3) is 0.0526. The number of anilines is 1. The summed E-state index contributed by atoms with van der Waals surface area (Å²) in [4.78, 5) is 4.46. The standard InChI is InChI=1S/C19H13N3O/c20-10-16-17(11-4-2-1-3-5-11)15-9-12-8-13(23)6-7-14(12)18(15)22-19(16)21/h1-8,23H,9H2,(H2,21,22). The number of hydrogen-bond donors (Lipinski definition) is 2. The molecule has 4 nitrogen and oxygen atoms in total. The van der Waals surface area contributed by atoms with Gasteiger partial charge >= 0.3 is 0 Å². The SMILES string of the molecule is N#Cc1c(N)nc2c(c1-c1ccccc1)Cc1cc(O)ccc1-2. The predicted molar refractivity (Wildman–Crippen MR) is 88.7 cm³/mol. The van der Waals surface area contributed by atoms with E-state index in [0.29, 0.717) is 12.0 Å². The molecule has 110 valence electrons. The molecule has 0 bridgehead atoms. The van der Waals surface area contributed by atoms with Crippen molar-refractivity contribution in [3.05, 3.63) is 65.2 Å². The van der Waals surface area contributed by atoms with E-state index in [4.69, 9.17) is 5.73 Å². The van der Waals surface area contributed by atoms with Crippen molar-refractivity contribution in [2.24, 2.45) is 0 Å². The lowest BCUT2D eigenvalue weighted by atomic mass is 9.94. The maximum absolute atomic E-state index is 9.72. The van der Waals surface area contributed by atoms with Crippen molar-refractivity contribution in [1.29, 1.82) is 5.26 Å². The van der Waals surface area contributed by atoms with Crippen LogP contribution in [0.5, 0.6) is 5.75 Å². The molecule has 3 N–H and O–H groups in total. The maximum atomic E-state index is 9.72. The maximum Gasteiger partial charge on any atom is 0.142 e. The molecule has 1 heterocycles. The molecule has 0 unspecified atom stereocenters. The number of nitriles is 1. The smallest absolute Gasteiger partial charge is 0.142 e. The molecule has 3 aromatic rings. The van der Waals surface area contributed by atoms with E-state index >= 15 is 0 Å². The first-order valence-corrected chi connectivity index (χ1v) is 7.29. The lowest BCUT2D eigenvalue weighted by Gasteiger charge is -2.12. The van der Waals surface area contributed by atoms with Crippen molar-refractivity contribution in [2.75, 3.05) is 5.73 Å². The Morgan fingerprint density at radius 2 is 1.91 bits per heavy atom. The number of nitrogens with two attached hydrogens (primary N) is 1. The van der Waals surface area contributed by atoms with Gasteiger partial charge in [0.1, 0.15) is 23.2 Å². The summed E-state index contributed by atoms with van der Waals surface area (Å²) >= 11 is 0. The third-order valence-electron chi connectivity index (χ3n) is 4.21. The fourth-order valence-corrected chi connectivity index (χ4v) is 3.22. The van der Waals surface area contributed by atoms with Crippen LogP contribution in [0.2, 0.25) is 0 Å². The van der Waals surface area contributed by atoms with Crippen LogP contribution in [-0.2, 0) is 6.42 Å². The molecule has 0 fully saturated rings. The van der Waals surface area contributed by atoms with Crippen LogP contribution in [0.3, 0.4) is 0 Å². The van der Waals surface area contributed by atoms with Crippen molar-refractivity contribution >= 4 is 5.82 Å². The Balaban J connectivity index is 2.05. The third-order valence-corrected chi connectivity index (χ3v) is 4.21. The Labute approximate surface area is 133 Å². The Morgan fingerprint density at radius 3 is 2.65 bits per heavy atom. The van der Waals surface area contributed by atoms with E-state index in [1.54, 1.807) is 12.1 Å². The minimum Gasteiger partial charge on any atom is -0.508 e. The van der Waals surface area contributed by atoms with E-state index in [0.717, 1.165) is 33.5 Å². The highest BCUT2D eigenvalue weighted by atomic mass is 16.3. The Morgan fingerprint density at radius 1 is 1.13 bits per heavy atom. The summed E-state index contributed by atoms with van der Waals surface area (Å²) in [6, 6.07) is 17.2. The topological polar surface area (TPSA) is 82.9 Å². The number of nitrogens with zero attached hydrogens (tertiary/aromatic N) is 2. The molecular weight excluding hydrogens is 286 g/mol. The van der Waals surface area contributed by atoms with E-state index in [9.17, 15) is 10.4 Å². The zero-order valence-corrected chi connectivity index (χ0v) is 12.2. The number of fused-ring (bicyclic) bond motifs is 3. The lowest BCUT2D eigenvalue weighted by Crippen LogP contribution is -2.02. The lowest BCUT2D eigenvalue weighted by molar-refractivity contribution is 0.475. The normalized spacial score (nSPS) is 11.6. The van der Waals surface area contributed by atoms with Crippen LogP contribution in [0.4, 0.5) is 5.82 Å². The van der Waals surface area contributed by atoms with Crippen LogP contribution in [0, 0.1) is 11.3 Å². The largest absolute Gasteiger partial charge is 0.508 e. The third kappa shape index (κ3) is 1.95. The summed E-state index contributed by atoms with van der Waals surface area (Å²) in [5, 5.41) is 19.3. The van der Waals surface area contributed by atoms with Gasteiger partial charge in [-0.2, -0.15) is 5.26 Å². The monoisotopic (exact) mass is 299 g/mol. The number of nitrogen functional groups attached to an aromatic ring is 1. The summed E-state index contributed by atoms with van der Waals surface area (Å²) in [7, 11) is 0. The highest BCUT2D eigenvalue weighted by Crippen LogP contribution is 2.44. The van der Waals surface area contributed by atoms with Gasteiger partial charge in [-0.05, 0) is 34.9 Å². The van der Waals surface area contributed by atoms with Crippen molar-refractivity contribution in [2.45, 2.75) is 6.42 Å². The van der Waals surface area contributed by atoms with E-state index in [2.05, 4.69) is 11.1 Å². The second-order valence-electron chi connectivity index (χ2n) is 5.57. The van der Waals surface area contributed by atoms with Gasteiger partial charge in [0.2, 0.25) is 0 Å². The van der Waals surface area contributed by atoms with Gasteiger partial charge in [0.15, 0.2) is 0 Å². The summed E-state index contributed by atoms with van der Waals surface area (Å²) in [6.07, 6.45) is 0.630. The molecule has 0 saturated heterocycles. The molecule has 0 saturated carbocycles. The molecule has 0 radical (unpaired) electrons. The van der Waals surface area contributed by atoms with E-state index < -0.39 is 0 Å². The zero-order valence-electron chi connectivity index (χ0n) is 12.2. The van der Waals surface area contributed by atoms with Gasteiger partial charge < -0.3 is 10.8 Å². The van der Waals surface area contributed by atoms with Gasteiger partial charge in [0, 0.05) is 17.5 Å². The summed E-state index contributed by atoms with van der Waals surface area (Å²) in [6.45, 7) is 0. The summed E-state index contributed by atoms with van der Waals surface area (Å²) in [5.74, 6) is 0.470. The fourth-order valence-electron chi connectivity index (χ4n) is 3.22.